The van der Waals surface area contributed by atoms with E-state index >= 15 is 0 Å². The molecule has 1 saturated carbocycles. The van der Waals surface area contributed by atoms with Crippen molar-refractivity contribution in [3.63, 3.8) is 0 Å². The molecule has 0 atom stereocenters. The molecule has 164 valence electrons. The average molecular weight is 427 g/mol. The summed E-state index contributed by atoms with van der Waals surface area (Å²) in [5.41, 5.74) is 5.20. The fourth-order valence-corrected chi connectivity index (χ4v) is 3.81. The van der Waals surface area contributed by atoms with E-state index in [1.54, 1.807) is 4.90 Å². The van der Waals surface area contributed by atoms with Crippen LogP contribution in [-0.4, -0.2) is 23.8 Å². The van der Waals surface area contributed by atoms with Crippen LogP contribution in [0.1, 0.15) is 35.1 Å². The Kier molecular flexibility index (Phi) is 6.69. The van der Waals surface area contributed by atoms with Gasteiger partial charge in [0.25, 0.3) is 0 Å². The third-order valence-electron chi connectivity index (χ3n) is 5.92. The fourth-order valence-electron chi connectivity index (χ4n) is 3.81. The molecule has 0 bridgehead atoms. The van der Waals surface area contributed by atoms with E-state index in [0.29, 0.717) is 19.5 Å². The van der Waals surface area contributed by atoms with Gasteiger partial charge in [-0.15, -0.1) is 0 Å². The zero-order valence-corrected chi connectivity index (χ0v) is 18.8. The van der Waals surface area contributed by atoms with Crippen LogP contribution < -0.4 is 4.90 Å². The number of likely N-dealkylation sites (N-methyl/N-ethyl adjacent to an activating group) is 1. The number of nitrogens with zero attached hydrogens (tertiary/aromatic N) is 2. The Hall–Kier alpha value is -3.40. The summed E-state index contributed by atoms with van der Waals surface area (Å²) in [5.74, 6) is 0.364. The minimum absolute atomic E-state index is 0.0598. The molecule has 1 fully saturated rings. The minimum atomic E-state index is 0.0598. The maximum absolute atomic E-state index is 13.1. The van der Waals surface area contributed by atoms with Gasteiger partial charge in [0, 0.05) is 25.2 Å². The van der Waals surface area contributed by atoms with Gasteiger partial charge < -0.3 is 9.80 Å². The Morgan fingerprint density at radius 2 is 1.47 bits per heavy atom. The summed E-state index contributed by atoms with van der Waals surface area (Å²) in [6.45, 7) is 3.19. The average Bonchev–Trinajstić information content (AvgIpc) is 3.65. The highest BCUT2D eigenvalue weighted by atomic mass is 16.2. The Labute approximate surface area is 190 Å². The second kappa shape index (κ2) is 9.82. The molecule has 0 spiro atoms. The van der Waals surface area contributed by atoms with E-state index < -0.39 is 0 Å². The third-order valence-corrected chi connectivity index (χ3v) is 5.92. The summed E-state index contributed by atoms with van der Waals surface area (Å²) >= 11 is 0. The lowest BCUT2D eigenvalue weighted by Gasteiger charge is -2.24. The van der Waals surface area contributed by atoms with Gasteiger partial charge in [-0.2, -0.15) is 0 Å². The lowest BCUT2D eigenvalue weighted by molar-refractivity contribution is -0.129. The predicted molar refractivity (Wildman–Crippen MR) is 128 cm³/mol. The van der Waals surface area contributed by atoms with Crippen LogP contribution in [0.2, 0.25) is 0 Å². The van der Waals surface area contributed by atoms with Crippen molar-refractivity contribution >= 4 is 17.5 Å². The van der Waals surface area contributed by atoms with Gasteiger partial charge in [-0.25, -0.2) is 0 Å². The Morgan fingerprint density at radius 1 is 0.812 bits per heavy atom. The Balaban J connectivity index is 1.49. The molecule has 32 heavy (non-hydrogen) atoms. The van der Waals surface area contributed by atoms with E-state index in [4.69, 9.17) is 0 Å². The van der Waals surface area contributed by atoms with Crippen molar-refractivity contribution in [1.82, 2.24) is 4.90 Å². The smallest absolute Gasteiger partial charge is 0.230 e. The molecule has 4 nitrogen and oxygen atoms in total. The maximum atomic E-state index is 13.1. The van der Waals surface area contributed by atoms with Crippen molar-refractivity contribution < 1.29 is 9.59 Å². The number of amides is 2. The fraction of sp³-hybridized carbons (Fsp3) is 0.286. The zero-order valence-electron chi connectivity index (χ0n) is 18.8. The number of aryl methyl sites for hydroxylation is 1. The maximum Gasteiger partial charge on any atom is 0.230 e. The van der Waals surface area contributed by atoms with Crippen LogP contribution in [0.5, 0.6) is 0 Å². The van der Waals surface area contributed by atoms with E-state index in [9.17, 15) is 9.59 Å². The lowest BCUT2D eigenvalue weighted by atomic mass is 10.1. The zero-order chi connectivity index (χ0) is 22.5. The number of carbonyl (C=O) groups excluding carboxylic acids is 2. The van der Waals surface area contributed by atoms with Gasteiger partial charge in [-0.3, -0.25) is 9.59 Å². The monoisotopic (exact) mass is 426 g/mol. The molecule has 0 radical (unpaired) electrons. The van der Waals surface area contributed by atoms with Gasteiger partial charge >= 0.3 is 0 Å². The van der Waals surface area contributed by atoms with Crippen LogP contribution in [0.4, 0.5) is 5.69 Å². The molecule has 0 heterocycles. The second-order valence-corrected chi connectivity index (χ2v) is 8.77. The van der Waals surface area contributed by atoms with E-state index in [2.05, 4.69) is 31.2 Å². The van der Waals surface area contributed by atoms with Crippen molar-refractivity contribution in [3.8, 4) is 0 Å². The molecule has 4 rings (SSSR count). The summed E-state index contributed by atoms with van der Waals surface area (Å²) in [6.07, 6.45) is 2.24. The van der Waals surface area contributed by atoms with E-state index in [0.717, 1.165) is 35.2 Å². The van der Waals surface area contributed by atoms with Crippen LogP contribution in [0.15, 0.2) is 78.9 Å². The summed E-state index contributed by atoms with van der Waals surface area (Å²) in [5, 5.41) is 0. The molecule has 1 aliphatic carbocycles. The van der Waals surface area contributed by atoms with Crippen molar-refractivity contribution in [2.75, 3.05) is 11.9 Å². The highest BCUT2D eigenvalue weighted by Crippen LogP contribution is 2.34. The molecule has 0 unspecified atom stereocenters. The van der Waals surface area contributed by atoms with Crippen molar-refractivity contribution in [2.45, 2.75) is 39.3 Å². The lowest BCUT2D eigenvalue weighted by Crippen LogP contribution is -2.32. The molecule has 3 aromatic carbocycles. The highest BCUT2D eigenvalue weighted by molar-refractivity contribution is 5.96. The number of benzene rings is 3. The molecule has 0 aromatic heterocycles. The standard InChI is InChI=1S/C28H30N2O2/c1-21-11-13-23(14-12-21)20-30(28(32)25-15-16-25)26-10-6-9-24(17-26)18-27(31)29(2)19-22-7-4-3-5-8-22/h3-14,17,25H,15-16,18-20H2,1-2H3. The van der Waals surface area contributed by atoms with Gasteiger partial charge in [0.2, 0.25) is 11.8 Å². The molecule has 0 saturated heterocycles. The van der Waals surface area contributed by atoms with E-state index in [1.807, 2.05) is 66.5 Å². The van der Waals surface area contributed by atoms with Crippen LogP contribution in [0, 0.1) is 12.8 Å². The third kappa shape index (κ3) is 5.64. The normalized spacial score (nSPS) is 12.9. The molecule has 3 aromatic rings. The van der Waals surface area contributed by atoms with Gasteiger partial charge in [-0.1, -0.05) is 72.3 Å². The Morgan fingerprint density at radius 3 is 2.16 bits per heavy atom. The van der Waals surface area contributed by atoms with Crippen LogP contribution >= 0.6 is 0 Å². The molecular weight excluding hydrogens is 396 g/mol. The minimum Gasteiger partial charge on any atom is -0.341 e. The van der Waals surface area contributed by atoms with Gasteiger partial charge in [0.15, 0.2) is 0 Å². The number of hydrogen-bond acceptors (Lipinski definition) is 2. The van der Waals surface area contributed by atoms with Crippen molar-refractivity contribution in [3.05, 3.63) is 101 Å². The first-order chi connectivity index (χ1) is 15.5. The largest absolute Gasteiger partial charge is 0.341 e. The number of hydrogen-bond donors (Lipinski definition) is 0. The van der Waals surface area contributed by atoms with Crippen LogP contribution in [0.25, 0.3) is 0 Å². The molecule has 0 aliphatic heterocycles. The first-order valence-electron chi connectivity index (χ1n) is 11.2. The molecule has 4 heteroatoms. The molecule has 2 amide bonds. The molecule has 0 N–H and O–H groups in total. The Bertz CT molecular complexity index is 1070. The highest BCUT2D eigenvalue weighted by Gasteiger charge is 2.34. The van der Waals surface area contributed by atoms with Gasteiger partial charge in [0.1, 0.15) is 0 Å². The molecule has 1 aliphatic rings. The number of rotatable bonds is 8. The van der Waals surface area contributed by atoms with Crippen LogP contribution in [0.3, 0.4) is 0 Å². The van der Waals surface area contributed by atoms with Crippen LogP contribution in [-0.2, 0) is 29.1 Å². The molecular formula is C28H30N2O2. The predicted octanol–water partition coefficient (Wildman–Crippen LogP) is 5.14. The quantitative estimate of drug-likeness (QED) is 0.500. The second-order valence-electron chi connectivity index (χ2n) is 8.77. The summed E-state index contributed by atoms with van der Waals surface area (Å²) < 4.78 is 0. The topological polar surface area (TPSA) is 40.6 Å². The SMILES string of the molecule is Cc1ccc(CN(C(=O)C2CC2)c2cccc(CC(=O)N(C)Cc3ccccc3)c2)cc1. The van der Waals surface area contributed by atoms with Gasteiger partial charge in [0.05, 0.1) is 13.0 Å². The number of carbonyl (C=O) groups is 2. The summed E-state index contributed by atoms with van der Waals surface area (Å²) in [6, 6.07) is 26.2. The van der Waals surface area contributed by atoms with Crippen molar-refractivity contribution in [2.24, 2.45) is 5.92 Å². The number of anilines is 1. The van der Waals surface area contributed by atoms with Gasteiger partial charge in [-0.05, 0) is 48.6 Å². The first kappa shape index (κ1) is 21.8. The van der Waals surface area contributed by atoms with Crippen molar-refractivity contribution in [1.29, 1.82) is 0 Å². The first-order valence-corrected chi connectivity index (χ1v) is 11.2. The van der Waals surface area contributed by atoms with E-state index in [1.165, 1.54) is 5.56 Å². The van der Waals surface area contributed by atoms with E-state index in [-0.39, 0.29) is 17.7 Å². The summed E-state index contributed by atoms with van der Waals surface area (Å²) in [4.78, 5) is 29.5. The summed E-state index contributed by atoms with van der Waals surface area (Å²) in [7, 11) is 1.83.